The Morgan fingerprint density at radius 1 is 1.09 bits per heavy atom. The van der Waals surface area contributed by atoms with E-state index in [4.69, 9.17) is 4.74 Å². The Kier molecular flexibility index (Phi) is 6.26. The summed E-state index contributed by atoms with van der Waals surface area (Å²) in [6, 6.07) is 15.0. The molecule has 33 heavy (non-hydrogen) atoms. The van der Waals surface area contributed by atoms with Crippen LogP contribution in [0.5, 0.6) is 0 Å². The first-order valence-electron chi connectivity index (χ1n) is 11.0. The molecule has 0 radical (unpaired) electrons. The van der Waals surface area contributed by atoms with Crippen molar-refractivity contribution in [1.82, 2.24) is 9.88 Å². The first-order chi connectivity index (χ1) is 15.7. The number of benzene rings is 2. The fraction of sp³-hybridized carbons (Fsp3) is 0.346. The number of hydrogen-bond donors (Lipinski definition) is 1. The minimum Gasteiger partial charge on any atom is -0.479 e. The first kappa shape index (κ1) is 23.0. The summed E-state index contributed by atoms with van der Waals surface area (Å²) in [5, 5.41) is 12.5. The summed E-state index contributed by atoms with van der Waals surface area (Å²) in [6.45, 7) is 8.14. The van der Waals surface area contributed by atoms with E-state index in [2.05, 4.69) is 29.2 Å². The lowest BCUT2D eigenvalue weighted by molar-refractivity contribution is -0.143. The minimum atomic E-state index is -1.20. The number of hydrogen-bond acceptors (Lipinski definition) is 5. The molecular formula is C26H28N2O4S. The van der Waals surface area contributed by atoms with Crippen LogP contribution in [-0.4, -0.2) is 40.2 Å². The summed E-state index contributed by atoms with van der Waals surface area (Å²) in [7, 11) is 0. The highest BCUT2D eigenvalue weighted by Gasteiger charge is 2.35. The van der Waals surface area contributed by atoms with Crippen molar-refractivity contribution in [3.8, 4) is 11.1 Å². The zero-order valence-electron chi connectivity index (χ0n) is 19.2. The molecule has 1 unspecified atom stereocenters. The van der Waals surface area contributed by atoms with Gasteiger partial charge in [-0.1, -0.05) is 69.3 Å². The van der Waals surface area contributed by atoms with Gasteiger partial charge in [0.2, 0.25) is 0 Å². The third-order valence-electron chi connectivity index (χ3n) is 5.90. The predicted molar refractivity (Wildman–Crippen MR) is 129 cm³/mol. The topological polar surface area (TPSA) is 79.7 Å². The van der Waals surface area contributed by atoms with Gasteiger partial charge in [-0.05, 0) is 29.2 Å². The Balaban J connectivity index is 1.56. The highest BCUT2D eigenvalue weighted by molar-refractivity contribution is 7.09. The molecule has 4 rings (SSSR count). The Hall–Kier alpha value is -3.19. The van der Waals surface area contributed by atoms with Gasteiger partial charge in [0.1, 0.15) is 6.61 Å². The van der Waals surface area contributed by atoms with E-state index in [9.17, 15) is 14.7 Å². The van der Waals surface area contributed by atoms with Gasteiger partial charge in [-0.2, -0.15) is 0 Å². The highest BCUT2D eigenvalue weighted by atomic mass is 32.1. The SMILES string of the molecule is CCN(C(=O)OCC1c2ccccc2-c2ccccc21)C(C(=O)O)c1csc(C(C)(C)C)n1. The number of amides is 1. The van der Waals surface area contributed by atoms with Crippen molar-refractivity contribution in [3.63, 3.8) is 0 Å². The molecule has 3 aromatic rings. The summed E-state index contributed by atoms with van der Waals surface area (Å²) in [4.78, 5) is 31.0. The minimum absolute atomic E-state index is 0.0879. The molecule has 1 atom stereocenters. The van der Waals surface area contributed by atoms with Crippen molar-refractivity contribution in [3.05, 3.63) is 75.7 Å². The zero-order chi connectivity index (χ0) is 23.8. The smallest absolute Gasteiger partial charge is 0.410 e. The molecule has 0 bridgehead atoms. The average molecular weight is 465 g/mol. The molecule has 0 aliphatic heterocycles. The molecule has 0 saturated heterocycles. The Bertz CT molecular complexity index is 1140. The van der Waals surface area contributed by atoms with E-state index in [1.165, 1.54) is 16.2 Å². The van der Waals surface area contributed by atoms with E-state index < -0.39 is 18.1 Å². The summed E-state index contributed by atoms with van der Waals surface area (Å²) in [6.07, 6.45) is -0.655. The van der Waals surface area contributed by atoms with Gasteiger partial charge in [-0.15, -0.1) is 11.3 Å². The summed E-state index contributed by atoms with van der Waals surface area (Å²) in [5.74, 6) is -1.22. The number of nitrogens with zero attached hydrogens (tertiary/aromatic N) is 2. The summed E-state index contributed by atoms with van der Waals surface area (Å²) >= 11 is 1.41. The van der Waals surface area contributed by atoms with Crippen molar-refractivity contribution in [1.29, 1.82) is 0 Å². The Morgan fingerprint density at radius 2 is 1.67 bits per heavy atom. The number of ether oxygens (including phenoxy) is 1. The lowest BCUT2D eigenvalue weighted by Crippen LogP contribution is -2.40. The molecule has 1 aromatic heterocycles. The van der Waals surface area contributed by atoms with Gasteiger partial charge in [0.15, 0.2) is 6.04 Å². The van der Waals surface area contributed by atoms with Crippen LogP contribution in [0.4, 0.5) is 4.79 Å². The van der Waals surface area contributed by atoms with Crippen LogP contribution in [0.25, 0.3) is 11.1 Å². The molecule has 1 aliphatic carbocycles. The quantitative estimate of drug-likeness (QED) is 0.496. The predicted octanol–water partition coefficient (Wildman–Crippen LogP) is 5.84. The van der Waals surface area contributed by atoms with Gasteiger partial charge >= 0.3 is 12.1 Å². The fourth-order valence-corrected chi connectivity index (χ4v) is 5.20. The van der Waals surface area contributed by atoms with E-state index in [1.807, 2.05) is 45.0 Å². The highest BCUT2D eigenvalue weighted by Crippen LogP contribution is 2.44. The van der Waals surface area contributed by atoms with E-state index in [0.29, 0.717) is 5.69 Å². The molecule has 1 N–H and O–H groups in total. The molecule has 0 saturated carbocycles. The molecule has 1 heterocycles. The number of thiazole rings is 1. The molecule has 0 fully saturated rings. The first-order valence-corrected chi connectivity index (χ1v) is 11.9. The van der Waals surface area contributed by atoms with Gasteiger partial charge in [-0.25, -0.2) is 14.6 Å². The standard InChI is InChI=1S/C26H28N2O4S/c1-5-28(22(23(29)30)21-15-33-24(27-21)26(2,3)4)25(31)32-14-20-18-12-8-6-10-16(18)17-11-7-9-13-19(17)20/h6-13,15,20,22H,5,14H2,1-4H3,(H,29,30). The second-order valence-electron chi connectivity index (χ2n) is 9.16. The normalized spacial score (nSPS) is 13.8. The number of aromatic nitrogens is 1. The van der Waals surface area contributed by atoms with E-state index in [0.717, 1.165) is 27.3 Å². The molecule has 172 valence electrons. The summed E-state index contributed by atoms with van der Waals surface area (Å²) < 4.78 is 5.72. The van der Waals surface area contributed by atoms with Gasteiger partial charge in [0.25, 0.3) is 0 Å². The van der Waals surface area contributed by atoms with Crippen LogP contribution in [0.3, 0.4) is 0 Å². The van der Waals surface area contributed by atoms with E-state index >= 15 is 0 Å². The molecule has 0 spiro atoms. The van der Waals surface area contributed by atoms with Crippen LogP contribution in [0.15, 0.2) is 53.9 Å². The maximum atomic E-state index is 13.1. The van der Waals surface area contributed by atoms with Crippen molar-refractivity contribution in [2.24, 2.45) is 0 Å². The lowest BCUT2D eigenvalue weighted by Gasteiger charge is -2.27. The van der Waals surface area contributed by atoms with Gasteiger partial charge < -0.3 is 9.84 Å². The van der Waals surface area contributed by atoms with Gasteiger partial charge in [0, 0.05) is 23.3 Å². The van der Waals surface area contributed by atoms with Crippen LogP contribution < -0.4 is 0 Å². The molecule has 1 amide bonds. The number of likely N-dealkylation sites (N-methyl/N-ethyl adjacent to an activating group) is 1. The Labute approximate surface area is 197 Å². The maximum absolute atomic E-state index is 13.1. The average Bonchev–Trinajstić information content (AvgIpc) is 3.39. The molecule has 2 aromatic carbocycles. The van der Waals surface area contributed by atoms with Crippen LogP contribution in [-0.2, 0) is 14.9 Å². The van der Waals surface area contributed by atoms with Gasteiger partial charge in [0.05, 0.1) is 10.7 Å². The van der Waals surface area contributed by atoms with E-state index in [-0.39, 0.29) is 24.5 Å². The van der Waals surface area contributed by atoms with Crippen LogP contribution in [0.2, 0.25) is 0 Å². The van der Waals surface area contributed by atoms with Crippen molar-refractivity contribution in [2.45, 2.75) is 45.1 Å². The second kappa shape index (κ2) is 8.98. The molecule has 6 nitrogen and oxygen atoms in total. The van der Waals surface area contributed by atoms with Gasteiger partial charge in [-0.3, -0.25) is 4.90 Å². The number of aliphatic carboxylic acids is 1. The largest absolute Gasteiger partial charge is 0.479 e. The van der Waals surface area contributed by atoms with Crippen LogP contribution in [0, 0.1) is 0 Å². The second-order valence-corrected chi connectivity index (χ2v) is 10.0. The fourth-order valence-electron chi connectivity index (χ4n) is 4.27. The van der Waals surface area contributed by atoms with Crippen LogP contribution in [0.1, 0.15) is 61.5 Å². The number of carboxylic acids is 1. The third-order valence-corrected chi connectivity index (χ3v) is 7.19. The van der Waals surface area contributed by atoms with Crippen molar-refractivity contribution >= 4 is 23.4 Å². The number of carbonyl (C=O) groups excluding carboxylic acids is 1. The van der Waals surface area contributed by atoms with Crippen LogP contribution >= 0.6 is 11.3 Å². The lowest BCUT2D eigenvalue weighted by atomic mass is 9.98. The molecule has 7 heteroatoms. The molecule has 1 aliphatic rings. The number of rotatable bonds is 6. The van der Waals surface area contributed by atoms with Crippen molar-refractivity contribution in [2.75, 3.05) is 13.2 Å². The molecular weight excluding hydrogens is 436 g/mol. The zero-order valence-corrected chi connectivity index (χ0v) is 20.1. The van der Waals surface area contributed by atoms with Crippen molar-refractivity contribution < 1.29 is 19.4 Å². The summed E-state index contributed by atoms with van der Waals surface area (Å²) in [5.41, 5.74) is 4.65. The monoisotopic (exact) mass is 464 g/mol. The maximum Gasteiger partial charge on any atom is 0.410 e. The third kappa shape index (κ3) is 4.37. The van der Waals surface area contributed by atoms with E-state index in [1.54, 1.807) is 12.3 Å². The number of carbonyl (C=O) groups is 2. The number of carboxylic acid groups (broad SMARTS) is 1. The Morgan fingerprint density at radius 3 is 2.15 bits per heavy atom. The number of fused-ring (bicyclic) bond motifs is 3.